The second-order valence-electron chi connectivity index (χ2n) is 5.58. The van der Waals surface area contributed by atoms with E-state index in [4.69, 9.17) is 4.98 Å². The van der Waals surface area contributed by atoms with Crippen molar-refractivity contribution in [3.8, 4) is 0 Å². The van der Waals surface area contributed by atoms with Gasteiger partial charge >= 0.3 is 0 Å². The van der Waals surface area contributed by atoms with E-state index in [-0.39, 0.29) is 7.92 Å². The molecule has 0 bridgehead atoms. The summed E-state index contributed by atoms with van der Waals surface area (Å²) in [6.45, 7) is 5.60. The monoisotopic (exact) mass is 274 g/mol. The van der Waals surface area contributed by atoms with E-state index in [0.29, 0.717) is 0 Å². The summed E-state index contributed by atoms with van der Waals surface area (Å²) in [4.78, 5) is 7.08. The highest BCUT2D eigenvalue weighted by molar-refractivity contribution is 7.55. The first-order valence-corrected chi connectivity index (χ1v) is 9.15. The summed E-state index contributed by atoms with van der Waals surface area (Å²) < 4.78 is 0. The predicted molar refractivity (Wildman–Crippen MR) is 86.5 cm³/mol. The Labute approximate surface area is 117 Å². The Kier molecular flexibility index (Phi) is 4.90. The van der Waals surface area contributed by atoms with Crippen LogP contribution in [0.3, 0.4) is 0 Å². The Morgan fingerprint density at radius 3 is 2.58 bits per heavy atom. The number of aryl methyl sites for hydroxylation is 1. The van der Waals surface area contributed by atoms with Crippen LogP contribution in [0.15, 0.2) is 30.3 Å². The molecule has 0 atom stereocenters. The summed E-state index contributed by atoms with van der Waals surface area (Å²) in [5, 5.41) is 1.25. The van der Waals surface area contributed by atoms with Crippen molar-refractivity contribution in [3.05, 3.63) is 41.6 Å². The molecule has 0 aliphatic carbocycles. The number of para-hydroxylation sites is 1. The topological polar surface area (TPSA) is 16.1 Å². The number of nitrogens with zero attached hydrogens (tertiary/aromatic N) is 2. The number of fused-ring (bicyclic) bond motifs is 1. The van der Waals surface area contributed by atoms with E-state index >= 15 is 0 Å². The lowest BCUT2D eigenvalue weighted by molar-refractivity contribution is 0.404. The van der Waals surface area contributed by atoms with E-state index in [0.717, 1.165) is 13.0 Å². The van der Waals surface area contributed by atoms with Crippen molar-refractivity contribution in [2.24, 2.45) is 0 Å². The highest BCUT2D eigenvalue weighted by Gasteiger charge is 2.05. The molecule has 1 heterocycles. The summed E-state index contributed by atoms with van der Waals surface area (Å²) in [6.07, 6.45) is 2.37. The standard InChI is InChI=1S/C16H23N2P/c1-18(2)12-14-7-5-6-13-8-9-15(17-16(13)14)10-11-19(3)4/h5-9H,10-12H2,1-4H3. The summed E-state index contributed by atoms with van der Waals surface area (Å²) in [5.41, 5.74) is 3.72. The zero-order chi connectivity index (χ0) is 13.8. The van der Waals surface area contributed by atoms with Crippen LogP contribution in [0.1, 0.15) is 11.3 Å². The molecular formula is C16H23N2P. The summed E-state index contributed by atoms with van der Waals surface area (Å²) in [7, 11) is 4.37. The summed E-state index contributed by atoms with van der Waals surface area (Å²) in [6, 6.07) is 10.9. The molecule has 1 aromatic heterocycles. The van der Waals surface area contributed by atoms with Gasteiger partial charge in [-0.25, -0.2) is 0 Å². The Morgan fingerprint density at radius 2 is 1.89 bits per heavy atom. The number of aromatic nitrogens is 1. The molecule has 2 rings (SSSR count). The van der Waals surface area contributed by atoms with Gasteiger partial charge in [-0.2, -0.15) is 0 Å². The molecule has 0 aliphatic heterocycles. The van der Waals surface area contributed by atoms with E-state index in [1.165, 1.54) is 28.3 Å². The van der Waals surface area contributed by atoms with Gasteiger partial charge in [0.1, 0.15) is 0 Å². The third kappa shape index (κ3) is 3.99. The van der Waals surface area contributed by atoms with Crippen molar-refractivity contribution in [1.29, 1.82) is 0 Å². The molecule has 0 saturated carbocycles. The minimum atomic E-state index is 0.163. The third-order valence-corrected chi connectivity index (χ3v) is 4.28. The second kappa shape index (κ2) is 6.45. The Hall–Kier alpha value is -0.980. The van der Waals surface area contributed by atoms with Crippen LogP contribution in [0, 0.1) is 0 Å². The Morgan fingerprint density at radius 1 is 1.11 bits per heavy atom. The first-order chi connectivity index (χ1) is 9.06. The van der Waals surface area contributed by atoms with Crippen LogP contribution in [-0.2, 0) is 13.0 Å². The predicted octanol–water partition coefficient (Wildman–Crippen LogP) is 3.58. The lowest BCUT2D eigenvalue weighted by Gasteiger charge is -2.12. The van der Waals surface area contributed by atoms with Gasteiger partial charge < -0.3 is 4.90 Å². The highest BCUT2D eigenvalue weighted by Crippen LogP contribution is 2.26. The highest BCUT2D eigenvalue weighted by atomic mass is 31.1. The fourth-order valence-electron chi connectivity index (χ4n) is 2.19. The van der Waals surface area contributed by atoms with Crippen molar-refractivity contribution < 1.29 is 0 Å². The van der Waals surface area contributed by atoms with Crippen LogP contribution >= 0.6 is 7.92 Å². The number of pyridine rings is 1. The van der Waals surface area contributed by atoms with Gasteiger partial charge in [0.25, 0.3) is 0 Å². The molecule has 1 aromatic carbocycles. The SMILES string of the molecule is CN(C)Cc1cccc2ccc(CCP(C)C)nc12. The van der Waals surface area contributed by atoms with Crippen LogP contribution in [0.5, 0.6) is 0 Å². The molecule has 2 nitrogen and oxygen atoms in total. The van der Waals surface area contributed by atoms with Crippen molar-refractivity contribution in [2.45, 2.75) is 13.0 Å². The first kappa shape index (κ1) is 14.4. The van der Waals surface area contributed by atoms with Crippen LogP contribution in [0.25, 0.3) is 10.9 Å². The van der Waals surface area contributed by atoms with Gasteiger partial charge in [0.15, 0.2) is 0 Å². The summed E-state index contributed by atoms with van der Waals surface area (Å²) >= 11 is 0. The minimum Gasteiger partial charge on any atom is -0.305 e. The van der Waals surface area contributed by atoms with Gasteiger partial charge in [0.05, 0.1) is 5.52 Å². The molecule has 2 aromatic rings. The zero-order valence-electron chi connectivity index (χ0n) is 12.3. The van der Waals surface area contributed by atoms with Crippen LogP contribution in [0.2, 0.25) is 0 Å². The molecule has 0 fully saturated rings. The maximum atomic E-state index is 4.88. The maximum absolute atomic E-state index is 4.88. The van der Waals surface area contributed by atoms with Crippen LogP contribution < -0.4 is 0 Å². The lowest BCUT2D eigenvalue weighted by atomic mass is 10.1. The second-order valence-corrected chi connectivity index (χ2v) is 8.19. The van der Waals surface area contributed by atoms with Gasteiger partial charge in [-0.05, 0) is 51.6 Å². The molecular weight excluding hydrogens is 251 g/mol. The largest absolute Gasteiger partial charge is 0.305 e. The quantitative estimate of drug-likeness (QED) is 0.775. The fourth-order valence-corrected chi connectivity index (χ4v) is 2.87. The van der Waals surface area contributed by atoms with Crippen molar-refractivity contribution in [3.63, 3.8) is 0 Å². The number of benzene rings is 1. The number of rotatable bonds is 5. The molecule has 0 amide bonds. The van der Waals surface area contributed by atoms with E-state index < -0.39 is 0 Å². The molecule has 3 heteroatoms. The first-order valence-electron chi connectivity index (χ1n) is 6.73. The average molecular weight is 274 g/mol. The normalized spacial score (nSPS) is 11.7. The van der Waals surface area contributed by atoms with Gasteiger partial charge in [0.2, 0.25) is 0 Å². The number of hydrogen-bond donors (Lipinski definition) is 0. The van der Waals surface area contributed by atoms with Crippen molar-refractivity contribution in [2.75, 3.05) is 33.6 Å². The Balaban J connectivity index is 2.33. The molecule has 19 heavy (non-hydrogen) atoms. The molecule has 0 spiro atoms. The van der Waals surface area contributed by atoms with Crippen LogP contribution in [-0.4, -0.2) is 43.5 Å². The van der Waals surface area contributed by atoms with Crippen LogP contribution in [0.4, 0.5) is 0 Å². The lowest BCUT2D eigenvalue weighted by Crippen LogP contribution is -2.11. The van der Waals surface area contributed by atoms with E-state index in [2.05, 4.69) is 62.7 Å². The average Bonchev–Trinajstić information content (AvgIpc) is 2.36. The van der Waals surface area contributed by atoms with Crippen molar-refractivity contribution in [1.82, 2.24) is 9.88 Å². The smallest absolute Gasteiger partial charge is 0.0750 e. The third-order valence-electron chi connectivity index (χ3n) is 3.16. The fraction of sp³-hybridized carbons (Fsp3) is 0.438. The minimum absolute atomic E-state index is 0.163. The van der Waals surface area contributed by atoms with Crippen molar-refractivity contribution >= 4 is 18.8 Å². The van der Waals surface area contributed by atoms with Gasteiger partial charge in [-0.15, -0.1) is 7.92 Å². The van der Waals surface area contributed by atoms with E-state index in [1.54, 1.807) is 0 Å². The molecule has 102 valence electrons. The molecule has 0 unspecified atom stereocenters. The van der Waals surface area contributed by atoms with Gasteiger partial charge in [0, 0.05) is 17.6 Å². The van der Waals surface area contributed by atoms with E-state index in [9.17, 15) is 0 Å². The van der Waals surface area contributed by atoms with E-state index in [1.807, 2.05) is 0 Å². The molecule has 0 N–H and O–H groups in total. The Bertz CT molecular complexity index is 549. The zero-order valence-corrected chi connectivity index (χ0v) is 13.2. The summed E-state index contributed by atoms with van der Waals surface area (Å²) in [5.74, 6) is 0. The van der Waals surface area contributed by atoms with Gasteiger partial charge in [-0.3, -0.25) is 4.98 Å². The molecule has 0 saturated heterocycles. The molecule has 0 aliphatic rings. The maximum Gasteiger partial charge on any atom is 0.0750 e. The number of hydrogen-bond acceptors (Lipinski definition) is 2. The van der Waals surface area contributed by atoms with Gasteiger partial charge in [-0.1, -0.05) is 24.3 Å². The molecule has 0 radical (unpaired) electrons.